The highest BCUT2D eigenvalue weighted by molar-refractivity contribution is 8.13. The second-order valence-corrected chi connectivity index (χ2v) is 7.49. The Hall–Kier alpha value is -1.07. The third-order valence-electron chi connectivity index (χ3n) is 1.94. The van der Waals surface area contributed by atoms with Gasteiger partial charge in [0.1, 0.15) is 0 Å². The predicted octanol–water partition coefficient (Wildman–Crippen LogP) is 0.916. The van der Waals surface area contributed by atoms with Crippen LogP contribution in [0.5, 0.6) is 0 Å². The largest absolute Gasteiger partial charge is 0.261 e. The van der Waals surface area contributed by atoms with E-state index in [1.807, 2.05) is 0 Å². The van der Waals surface area contributed by atoms with Crippen molar-refractivity contribution in [3.05, 3.63) is 24.3 Å². The molecule has 0 saturated heterocycles. The van der Waals surface area contributed by atoms with E-state index in [4.69, 9.17) is 10.7 Å². The minimum Gasteiger partial charge on any atom is -0.207 e. The Morgan fingerprint density at radius 3 is 2.06 bits per heavy atom. The first-order valence-electron chi connectivity index (χ1n) is 4.71. The highest BCUT2D eigenvalue weighted by atomic mass is 35.7. The van der Waals surface area contributed by atoms with Crippen molar-refractivity contribution in [3.8, 4) is 11.8 Å². The molecule has 0 atom stereocenters. The van der Waals surface area contributed by atoms with Crippen molar-refractivity contribution in [2.24, 2.45) is 0 Å². The molecular weight excluding hydrogens is 298 g/mol. The number of sulfonamides is 1. The molecule has 98 valence electrons. The van der Waals surface area contributed by atoms with Gasteiger partial charge in [0.05, 0.1) is 16.3 Å². The average molecular weight is 308 g/mol. The van der Waals surface area contributed by atoms with Crippen LogP contribution in [0.2, 0.25) is 0 Å². The molecule has 0 amide bonds. The summed E-state index contributed by atoms with van der Waals surface area (Å²) >= 11 is 0. The lowest BCUT2D eigenvalue weighted by Crippen LogP contribution is -2.23. The zero-order valence-corrected chi connectivity index (χ0v) is 11.7. The molecule has 0 radical (unpaired) electrons. The molecule has 0 unspecified atom stereocenters. The van der Waals surface area contributed by atoms with Crippen LogP contribution >= 0.6 is 10.7 Å². The molecule has 5 nitrogen and oxygen atoms in total. The number of halogens is 1. The Morgan fingerprint density at radius 2 is 1.61 bits per heavy atom. The van der Waals surface area contributed by atoms with Gasteiger partial charge >= 0.3 is 0 Å². The van der Waals surface area contributed by atoms with Crippen LogP contribution in [0.15, 0.2) is 34.1 Å². The molecule has 0 fully saturated rings. The first-order valence-corrected chi connectivity index (χ1v) is 8.50. The van der Waals surface area contributed by atoms with E-state index in [-0.39, 0.29) is 16.3 Å². The molecule has 0 bridgehead atoms. The van der Waals surface area contributed by atoms with Crippen LogP contribution < -0.4 is 4.72 Å². The lowest BCUT2D eigenvalue weighted by atomic mass is 10.4. The fourth-order valence-corrected chi connectivity index (χ4v) is 2.78. The van der Waals surface area contributed by atoms with Crippen molar-refractivity contribution < 1.29 is 16.8 Å². The Kier molecular flexibility index (Phi) is 4.76. The van der Waals surface area contributed by atoms with Crippen molar-refractivity contribution in [2.75, 3.05) is 6.54 Å². The summed E-state index contributed by atoms with van der Waals surface area (Å²) in [5, 5.41) is 0. The maximum Gasteiger partial charge on any atom is 0.261 e. The Bertz CT molecular complexity index is 682. The van der Waals surface area contributed by atoms with Crippen molar-refractivity contribution in [1.82, 2.24) is 4.72 Å². The van der Waals surface area contributed by atoms with E-state index in [1.54, 1.807) is 6.92 Å². The Morgan fingerprint density at radius 1 is 1.11 bits per heavy atom. The van der Waals surface area contributed by atoms with Gasteiger partial charge in [0.15, 0.2) is 0 Å². The smallest absolute Gasteiger partial charge is 0.207 e. The molecule has 0 aliphatic rings. The van der Waals surface area contributed by atoms with Crippen LogP contribution in [0.3, 0.4) is 0 Å². The van der Waals surface area contributed by atoms with Crippen molar-refractivity contribution in [3.63, 3.8) is 0 Å². The minimum atomic E-state index is -3.85. The fourth-order valence-electron chi connectivity index (χ4n) is 1.08. The molecule has 18 heavy (non-hydrogen) atoms. The summed E-state index contributed by atoms with van der Waals surface area (Å²) in [5.74, 6) is 5.10. The lowest BCUT2D eigenvalue weighted by molar-refractivity contribution is 0.585. The van der Waals surface area contributed by atoms with Gasteiger partial charge in [-0.25, -0.2) is 16.8 Å². The normalized spacial score (nSPS) is 11.7. The van der Waals surface area contributed by atoms with Gasteiger partial charge in [-0.05, 0) is 31.2 Å². The molecule has 1 N–H and O–H groups in total. The Labute approximate surface area is 111 Å². The highest BCUT2D eigenvalue weighted by Gasteiger charge is 2.15. The van der Waals surface area contributed by atoms with Gasteiger partial charge < -0.3 is 0 Å². The van der Waals surface area contributed by atoms with Crippen molar-refractivity contribution in [1.29, 1.82) is 0 Å². The topological polar surface area (TPSA) is 80.3 Å². The summed E-state index contributed by atoms with van der Waals surface area (Å²) in [6.45, 7) is 1.59. The van der Waals surface area contributed by atoms with Crippen molar-refractivity contribution >= 4 is 29.8 Å². The molecular formula is C10H10ClNO4S2. The summed E-state index contributed by atoms with van der Waals surface area (Å²) in [5.41, 5.74) is 0. The fraction of sp³-hybridized carbons (Fsp3) is 0.200. The first-order chi connectivity index (χ1) is 8.27. The van der Waals surface area contributed by atoms with Crippen LogP contribution in [0.25, 0.3) is 0 Å². The molecule has 0 aromatic heterocycles. The van der Waals surface area contributed by atoms with Gasteiger partial charge in [-0.15, -0.1) is 5.92 Å². The highest BCUT2D eigenvalue weighted by Crippen LogP contribution is 2.17. The number of benzene rings is 1. The standard InChI is InChI=1S/C10H10ClNO4S2/c1-2-3-8-12-18(15,16)10-6-4-9(5-7-10)17(11,13)14/h4-7,12H,8H2,1H3. The summed E-state index contributed by atoms with van der Waals surface area (Å²) in [6.07, 6.45) is 0. The quantitative estimate of drug-likeness (QED) is 0.662. The molecule has 1 aromatic rings. The zero-order valence-electron chi connectivity index (χ0n) is 9.34. The molecule has 0 aliphatic heterocycles. The Balaban J connectivity index is 3.00. The van der Waals surface area contributed by atoms with E-state index in [2.05, 4.69) is 16.6 Å². The van der Waals surface area contributed by atoms with E-state index in [9.17, 15) is 16.8 Å². The second-order valence-electron chi connectivity index (χ2n) is 3.16. The number of hydrogen-bond donors (Lipinski definition) is 1. The third kappa shape index (κ3) is 3.99. The second kappa shape index (κ2) is 5.71. The maximum absolute atomic E-state index is 11.7. The minimum absolute atomic E-state index is 0.00557. The van der Waals surface area contributed by atoms with Gasteiger partial charge in [-0.2, -0.15) is 4.72 Å². The summed E-state index contributed by atoms with van der Waals surface area (Å²) in [6, 6.07) is 4.58. The summed E-state index contributed by atoms with van der Waals surface area (Å²) in [7, 11) is -2.42. The van der Waals surface area contributed by atoms with Gasteiger partial charge in [-0.3, -0.25) is 0 Å². The van der Waals surface area contributed by atoms with E-state index in [0.717, 1.165) is 24.3 Å². The van der Waals surface area contributed by atoms with Gasteiger partial charge in [-0.1, -0.05) is 5.92 Å². The van der Waals surface area contributed by atoms with E-state index >= 15 is 0 Å². The number of hydrogen-bond acceptors (Lipinski definition) is 4. The zero-order chi connectivity index (χ0) is 13.8. The predicted molar refractivity (Wildman–Crippen MR) is 68.1 cm³/mol. The van der Waals surface area contributed by atoms with Gasteiger partial charge in [0, 0.05) is 10.7 Å². The number of rotatable bonds is 4. The number of nitrogens with one attached hydrogen (secondary N) is 1. The SMILES string of the molecule is CC#CCNS(=O)(=O)c1ccc(S(=O)(=O)Cl)cc1. The van der Waals surface area contributed by atoms with Gasteiger partial charge in [0.25, 0.3) is 9.05 Å². The lowest BCUT2D eigenvalue weighted by Gasteiger charge is -2.04. The molecule has 1 rings (SSSR count). The summed E-state index contributed by atoms with van der Waals surface area (Å²) < 4.78 is 47.6. The summed E-state index contributed by atoms with van der Waals surface area (Å²) in [4.78, 5) is -0.207. The molecule has 0 saturated carbocycles. The van der Waals surface area contributed by atoms with E-state index in [0.29, 0.717) is 0 Å². The maximum atomic E-state index is 11.7. The monoisotopic (exact) mass is 307 g/mol. The van der Waals surface area contributed by atoms with Crippen molar-refractivity contribution in [2.45, 2.75) is 16.7 Å². The molecule has 8 heteroatoms. The van der Waals surface area contributed by atoms with Gasteiger partial charge in [0.2, 0.25) is 10.0 Å². The third-order valence-corrected chi connectivity index (χ3v) is 4.73. The molecule has 0 spiro atoms. The molecule has 1 aromatic carbocycles. The van der Waals surface area contributed by atoms with E-state index in [1.165, 1.54) is 0 Å². The van der Waals surface area contributed by atoms with Crippen LogP contribution in [-0.4, -0.2) is 23.4 Å². The first kappa shape index (κ1) is 15.0. The van der Waals surface area contributed by atoms with Crippen LogP contribution in [0.4, 0.5) is 0 Å². The van der Waals surface area contributed by atoms with Crippen LogP contribution in [0.1, 0.15) is 6.92 Å². The molecule has 0 heterocycles. The van der Waals surface area contributed by atoms with Crippen LogP contribution in [-0.2, 0) is 19.1 Å². The average Bonchev–Trinajstić information content (AvgIpc) is 2.28. The van der Waals surface area contributed by atoms with Crippen LogP contribution in [0, 0.1) is 11.8 Å². The molecule has 0 aliphatic carbocycles. The van der Waals surface area contributed by atoms with E-state index < -0.39 is 19.1 Å².